The number of sulfonamides is 1. The summed E-state index contributed by atoms with van der Waals surface area (Å²) in [6.07, 6.45) is 1.68. The van der Waals surface area contributed by atoms with E-state index < -0.39 is 10.0 Å². The van der Waals surface area contributed by atoms with Gasteiger partial charge < -0.3 is 9.47 Å². The van der Waals surface area contributed by atoms with Gasteiger partial charge in [-0.15, -0.1) is 0 Å². The first-order valence-corrected chi connectivity index (χ1v) is 11.9. The van der Waals surface area contributed by atoms with Crippen molar-refractivity contribution in [2.24, 2.45) is 0 Å². The summed E-state index contributed by atoms with van der Waals surface area (Å²) >= 11 is 5.60. The molecule has 2 aromatic carbocycles. The van der Waals surface area contributed by atoms with E-state index in [0.717, 1.165) is 11.4 Å². The Morgan fingerprint density at radius 2 is 1.66 bits per heavy atom. The van der Waals surface area contributed by atoms with Crippen molar-refractivity contribution in [3.05, 3.63) is 59.6 Å². The fourth-order valence-electron chi connectivity index (χ4n) is 3.57. The lowest BCUT2D eigenvalue weighted by atomic mass is 10.3. The molecule has 1 saturated heterocycles. The van der Waals surface area contributed by atoms with Crippen LogP contribution in [0.25, 0.3) is 5.69 Å². The molecule has 32 heavy (non-hydrogen) atoms. The van der Waals surface area contributed by atoms with Crippen molar-refractivity contribution < 1.29 is 17.9 Å². The Balaban J connectivity index is 1.41. The maximum Gasteiger partial charge on any atom is 0.243 e. The average molecular weight is 476 g/mol. The third kappa shape index (κ3) is 4.56. The van der Waals surface area contributed by atoms with Crippen LogP contribution >= 0.6 is 12.2 Å². The van der Waals surface area contributed by atoms with Gasteiger partial charge in [0.05, 0.1) is 31.5 Å². The molecule has 1 aromatic heterocycles. The van der Waals surface area contributed by atoms with Crippen molar-refractivity contribution in [2.45, 2.75) is 11.6 Å². The molecule has 170 valence electrons. The van der Waals surface area contributed by atoms with E-state index >= 15 is 0 Å². The third-order valence-electron chi connectivity index (χ3n) is 5.43. The van der Waals surface area contributed by atoms with Crippen LogP contribution in [0.2, 0.25) is 0 Å². The van der Waals surface area contributed by atoms with Crippen LogP contribution in [-0.2, 0) is 16.7 Å². The lowest BCUT2D eigenvalue weighted by molar-refractivity contribution is 0.144. The lowest BCUT2D eigenvalue weighted by Crippen LogP contribution is -2.48. The molecule has 4 rings (SSSR count). The van der Waals surface area contributed by atoms with Crippen LogP contribution in [0.4, 0.5) is 0 Å². The van der Waals surface area contributed by atoms with Gasteiger partial charge in [0.25, 0.3) is 0 Å². The maximum absolute atomic E-state index is 12.9. The molecular formula is C21H25N5O4S2. The minimum atomic E-state index is -3.54. The van der Waals surface area contributed by atoms with Crippen molar-refractivity contribution in [2.75, 3.05) is 40.4 Å². The van der Waals surface area contributed by atoms with Gasteiger partial charge in [-0.1, -0.05) is 6.07 Å². The summed E-state index contributed by atoms with van der Waals surface area (Å²) in [5.41, 5.74) is 0.871. The van der Waals surface area contributed by atoms with Crippen LogP contribution in [0, 0.1) is 4.77 Å². The third-order valence-corrected chi connectivity index (χ3v) is 7.75. The molecule has 0 unspecified atom stereocenters. The predicted molar refractivity (Wildman–Crippen MR) is 122 cm³/mol. The summed E-state index contributed by atoms with van der Waals surface area (Å²) in [5, 5.41) is 4.42. The van der Waals surface area contributed by atoms with Crippen molar-refractivity contribution in [3.8, 4) is 17.2 Å². The summed E-state index contributed by atoms with van der Waals surface area (Å²) in [6.45, 7) is 2.47. The zero-order chi connectivity index (χ0) is 22.7. The molecule has 3 aromatic rings. The molecule has 0 atom stereocenters. The number of aromatic nitrogens is 3. The van der Waals surface area contributed by atoms with Gasteiger partial charge in [-0.05, 0) is 48.6 Å². The number of nitrogens with zero attached hydrogens (tertiary/aromatic N) is 5. The van der Waals surface area contributed by atoms with E-state index in [1.54, 1.807) is 49.5 Å². The molecule has 1 aliphatic rings. The Kier molecular flexibility index (Phi) is 6.60. The summed E-state index contributed by atoms with van der Waals surface area (Å²) in [6, 6.07) is 14.1. The Hall–Kier alpha value is -2.73. The number of ether oxygens (including phenoxy) is 2. The van der Waals surface area contributed by atoms with Crippen molar-refractivity contribution in [1.29, 1.82) is 0 Å². The number of rotatable bonds is 7. The second-order valence-electron chi connectivity index (χ2n) is 7.32. The molecular weight excluding hydrogens is 450 g/mol. The summed E-state index contributed by atoms with van der Waals surface area (Å²) < 4.78 is 41.9. The fourth-order valence-corrected chi connectivity index (χ4v) is 5.25. The molecule has 1 aliphatic heterocycles. The SMILES string of the molecule is COc1ccc(S(=O)(=O)N2CCN(Cn3ncn(-c4cccc(OC)c4)c3=S)CC2)cc1. The molecule has 9 nitrogen and oxygen atoms in total. The molecule has 0 saturated carbocycles. The highest BCUT2D eigenvalue weighted by Gasteiger charge is 2.28. The van der Waals surface area contributed by atoms with Crippen LogP contribution in [0.3, 0.4) is 0 Å². The van der Waals surface area contributed by atoms with Gasteiger partial charge in [-0.25, -0.2) is 13.1 Å². The van der Waals surface area contributed by atoms with Crippen LogP contribution in [-0.4, -0.2) is 72.4 Å². The zero-order valence-electron chi connectivity index (χ0n) is 17.9. The standard InChI is InChI=1S/C21H25N5O4S2/c1-29-18-6-8-20(9-7-18)32(27,28)24-12-10-23(11-13-24)16-26-21(31)25(15-22-26)17-4-3-5-19(14-17)30-2/h3-9,14-15H,10-13,16H2,1-2H3. The lowest BCUT2D eigenvalue weighted by Gasteiger charge is -2.33. The van der Waals surface area contributed by atoms with Crippen molar-refractivity contribution in [3.63, 3.8) is 0 Å². The van der Waals surface area contributed by atoms with Gasteiger partial charge in [0.1, 0.15) is 17.8 Å². The first-order chi connectivity index (χ1) is 15.4. The Morgan fingerprint density at radius 3 is 2.31 bits per heavy atom. The Labute approximate surface area is 192 Å². The van der Waals surface area contributed by atoms with E-state index in [9.17, 15) is 8.42 Å². The second-order valence-corrected chi connectivity index (χ2v) is 9.63. The molecule has 0 N–H and O–H groups in total. The van der Waals surface area contributed by atoms with Crippen LogP contribution in [0.5, 0.6) is 11.5 Å². The summed E-state index contributed by atoms with van der Waals surface area (Å²) in [4.78, 5) is 2.41. The molecule has 1 fully saturated rings. The monoisotopic (exact) mass is 475 g/mol. The number of hydrogen-bond acceptors (Lipinski definition) is 7. The van der Waals surface area contributed by atoms with E-state index in [4.69, 9.17) is 21.7 Å². The van der Waals surface area contributed by atoms with Gasteiger partial charge in [0.15, 0.2) is 0 Å². The van der Waals surface area contributed by atoms with Gasteiger partial charge in [0.2, 0.25) is 14.8 Å². The topological polar surface area (TPSA) is 81.8 Å². The molecule has 0 aliphatic carbocycles. The first kappa shape index (κ1) is 22.5. The Morgan fingerprint density at radius 1 is 0.969 bits per heavy atom. The fraction of sp³-hybridized carbons (Fsp3) is 0.333. The van der Waals surface area contributed by atoms with Crippen LogP contribution in [0.1, 0.15) is 0 Å². The van der Waals surface area contributed by atoms with E-state index in [0.29, 0.717) is 43.4 Å². The highest BCUT2D eigenvalue weighted by molar-refractivity contribution is 7.89. The zero-order valence-corrected chi connectivity index (χ0v) is 19.6. The highest BCUT2D eigenvalue weighted by Crippen LogP contribution is 2.21. The van der Waals surface area contributed by atoms with Crippen molar-refractivity contribution in [1.82, 2.24) is 23.6 Å². The van der Waals surface area contributed by atoms with Crippen LogP contribution < -0.4 is 9.47 Å². The molecule has 0 amide bonds. The molecule has 2 heterocycles. The van der Waals surface area contributed by atoms with Gasteiger partial charge in [-0.2, -0.15) is 9.40 Å². The molecule has 11 heteroatoms. The van der Waals surface area contributed by atoms with Gasteiger partial charge in [0, 0.05) is 32.2 Å². The van der Waals surface area contributed by atoms with E-state index in [1.807, 2.05) is 28.8 Å². The predicted octanol–water partition coefficient (Wildman–Crippen LogP) is 2.38. The number of hydrogen-bond donors (Lipinski definition) is 0. The normalized spacial score (nSPS) is 15.6. The number of benzene rings is 2. The smallest absolute Gasteiger partial charge is 0.243 e. The highest BCUT2D eigenvalue weighted by atomic mass is 32.2. The van der Waals surface area contributed by atoms with E-state index in [-0.39, 0.29) is 4.90 Å². The first-order valence-electron chi connectivity index (χ1n) is 10.1. The second kappa shape index (κ2) is 9.41. The van der Waals surface area contributed by atoms with E-state index in [1.165, 1.54) is 4.31 Å². The Bertz CT molecular complexity index is 1230. The summed E-state index contributed by atoms with van der Waals surface area (Å²) in [7, 11) is -0.366. The largest absolute Gasteiger partial charge is 0.497 e. The molecule has 0 spiro atoms. The van der Waals surface area contributed by atoms with Crippen LogP contribution in [0.15, 0.2) is 59.8 Å². The number of piperazine rings is 1. The minimum Gasteiger partial charge on any atom is -0.497 e. The van der Waals surface area contributed by atoms with Crippen molar-refractivity contribution >= 4 is 22.2 Å². The average Bonchev–Trinajstić information content (AvgIpc) is 3.19. The minimum absolute atomic E-state index is 0.269. The maximum atomic E-state index is 12.9. The number of methoxy groups -OCH3 is 2. The molecule has 0 bridgehead atoms. The quantitative estimate of drug-likeness (QED) is 0.485. The van der Waals surface area contributed by atoms with E-state index in [2.05, 4.69) is 10.00 Å². The summed E-state index contributed by atoms with van der Waals surface area (Å²) in [5.74, 6) is 1.37. The van der Waals surface area contributed by atoms with Gasteiger partial charge >= 0.3 is 0 Å². The molecule has 0 radical (unpaired) electrons. The van der Waals surface area contributed by atoms with Gasteiger partial charge in [-0.3, -0.25) is 9.47 Å².